The molecule has 2 saturated heterocycles. The molecule has 0 bridgehead atoms. The van der Waals surface area contributed by atoms with Gasteiger partial charge in [-0.1, -0.05) is 6.07 Å². The summed E-state index contributed by atoms with van der Waals surface area (Å²) in [5, 5.41) is 0. The van der Waals surface area contributed by atoms with E-state index < -0.39 is 42.0 Å². The van der Waals surface area contributed by atoms with Crippen LogP contribution in [0.3, 0.4) is 0 Å². The lowest BCUT2D eigenvalue weighted by molar-refractivity contribution is -0.147. The Kier molecular flexibility index (Phi) is 4.47. The fourth-order valence-corrected chi connectivity index (χ4v) is 3.60. The number of thiophene rings is 1. The van der Waals surface area contributed by atoms with E-state index in [4.69, 9.17) is 15.0 Å². The van der Waals surface area contributed by atoms with Gasteiger partial charge in [0.2, 0.25) is 0 Å². The first-order chi connectivity index (χ1) is 11.9. The number of Topliss-reactive ketones (excluding diaryl/α,β-unsaturated/α-hetero) is 1. The highest BCUT2D eigenvalue weighted by Gasteiger charge is 2.52. The molecule has 1 aromatic heterocycles. The number of likely N-dealkylation sites (N-methyl/N-ethyl adjacent to an activating group) is 1. The molecule has 2 aliphatic heterocycles. The van der Waals surface area contributed by atoms with Crippen LogP contribution in [0, 0.1) is 0 Å². The van der Waals surface area contributed by atoms with Crippen molar-refractivity contribution in [3.8, 4) is 0 Å². The number of piperidine rings is 1. The average Bonchev–Trinajstić information content (AvgIpc) is 3.10. The van der Waals surface area contributed by atoms with Crippen molar-refractivity contribution in [2.45, 2.75) is 44.9 Å². The molecule has 2 aliphatic rings. The third-order valence-electron chi connectivity index (χ3n) is 5.10. The van der Waals surface area contributed by atoms with Crippen molar-refractivity contribution in [1.82, 2.24) is 4.90 Å². The van der Waals surface area contributed by atoms with Gasteiger partial charge in [0.05, 0.1) is 16.8 Å². The Morgan fingerprint density at radius 3 is 2.31 bits per heavy atom. The Morgan fingerprint density at radius 2 is 1.73 bits per heavy atom. The van der Waals surface area contributed by atoms with E-state index >= 15 is 0 Å². The lowest BCUT2D eigenvalue weighted by Gasteiger charge is -2.32. The maximum absolute atomic E-state index is 12.2. The molecule has 0 aromatic carbocycles. The highest BCUT2D eigenvalue weighted by molar-refractivity contribution is 7.23. The minimum Gasteiger partial charge on any atom is -0.399 e. The van der Waals surface area contributed by atoms with Crippen molar-refractivity contribution in [2.75, 3.05) is 7.05 Å². The molecule has 9 heteroatoms. The zero-order valence-electron chi connectivity index (χ0n) is 15.4. The minimum absolute atomic E-state index is 0.0954. The highest BCUT2D eigenvalue weighted by atomic mass is 32.1. The van der Waals surface area contributed by atoms with Crippen LogP contribution in [0.4, 0.5) is 0 Å². The van der Waals surface area contributed by atoms with Crippen molar-refractivity contribution in [2.24, 2.45) is 5.73 Å². The van der Waals surface area contributed by atoms with Crippen LogP contribution in [-0.2, 0) is 23.7 Å². The number of carbonyl (C=O) groups is 3. The van der Waals surface area contributed by atoms with E-state index in [2.05, 4.69) is 0 Å². The summed E-state index contributed by atoms with van der Waals surface area (Å²) in [7, 11) is 0.802. The molecule has 1 atom stereocenters. The summed E-state index contributed by atoms with van der Waals surface area (Å²) in [6.45, 7) is 7.88. The summed E-state index contributed by atoms with van der Waals surface area (Å²) in [4.78, 5) is 37.8. The van der Waals surface area contributed by atoms with Crippen molar-refractivity contribution >= 4 is 46.9 Å². The van der Waals surface area contributed by atoms with Crippen LogP contribution in [0.5, 0.6) is 0 Å². The zero-order chi connectivity index (χ0) is 19.4. The van der Waals surface area contributed by atoms with Gasteiger partial charge in [0.1, 0.15) is 6.04 Å². The summed E-state index contributed by atoms with van der Waals surface area (Å²) in [5.74, 6) is -2.00. The molecule has 26 heavy (non-hydrogen) atoms. The van der Waals surface area contributed by atoms with E-state index in [0.717, 1.165) is 9.68 Å². The number of imide groups is 1. The van der Waals surface area contributed by atoms with Gasteiger partial charge in [-0.25, -0.2) is 0 Å². The summed E-state index contributed by atoms with van der Waals surface area (Å²) in [5.41, 5.74) is 4.61. The SMILES string of the molecule is CN1C(=O)/C(=C/c2ccc(B3OC(C)(C)C(C)(C)O3)s2)C(=O)C(N)C1=O. The van der Waals surface area contributed by atoms with Crippen LogP contribution < -0.4 is 10.5 Å². The van der Waals surface area contributed by atoms with Crippen LogP contribution in [-0.4, -0.2) is 53.9 Å². The number of nitrogens with two attached hydrogens (primary N) is 1. The molecule has 0 aliphatic carbocycles. The first kappa shape index (κ1) is 19.0. The molecule has 7 nitrogen and oxygen atoms in total. The molecule has 2 N–H and O–H groups in total. The molecule has 0 radical (unpaired) electrons. The lowest BCUT2D eigenvalue weighted by atomic mass is 9.88. The highest BCUT2D eigenvalue weighted by Crippen LogP contribution is 2.37. The average molecular weight is 376 g/mol. The van der Waals surface area contributed by atoms with E-state index in [-0.39, 0.29) is 5.57 Å². The smallest absolute Gasteiger partial charge is 0.399 e. The van der Waals surface area contributed by atoms with Crippen molar-refractivity contribution in [3.05, 3.63) is 22.6 Å². The number of hydrogen-bond acceptors (Lipinski definition) is 7. The molecule has 1 aromatic rings. The van der Waals surface area contributed by atoms with E-state index in [1.807, 2.05) is 33.8 Å². The molecular formula is C17H21BN2O5S. The maximum Gasteiger partial charge on any atom is 0.505 e. The van der Waals surface area contributed by atoms with Crippen molar-refractivity contribution in [3.63, 3.8) is 0 Å². The van der Waals surface area contributed by atoms with Gasteiger partial charge in [-0.3, -0.25) is 19.3 Å². The first-order valence-corrected chi connectivity index (χ1v) is 9.05. The van der Waals surface area contributed by atoms with Crippen LogP contribution in [0.1, 0.15) is 32.6 Å². The molecule has 1 unspecified atom stereocenters. The molecule has 2 amide bonds. The van der Waals surface area contributed by atoms with E-state index in [1.165, 1.54) is 24.5 Å². The van der Waals surface area contributed by atoms with Gasteiger partial charge in [-0.15, -0.1) is 11.3 Å². The van der Waals surface area contributed by atoms with Crippen LogP contribution >= 0.6 is 11.3 Å². The fourth-order valence-electron chi connectivity index (χ4n) is 2.68. The molecule has 0 saturated carbocycles. The fraction of sp³-hybridized carbons (Fsp3) is 0.471. The Bertz CT molecular complexity index is 787. The Morgan fingerprint density at radius 1 is 1.15 bits per heavy atom. The molecule has 3 rings (SSSR count). The van der Waals surface area contributed by atoms with Gasteiger partial charge >= 0.3 is 7.12 Å². The molecule has 138 valence electrons. The predicted molar refractivity (Wildman–Crippen MR) is 98.8 cm³/mol. The maximum atomic E-state index is 12.2. The number of ketones is 1. The standard InChI is InChI=1S/C17H21BN2O5S/c1-16(2)17(3,4)25-18(24-16)11-7-6-9(26-11)8-10-13(21)12(19)15(23)20(5)14(10)22/h6-8,12H,19H2,1-5H3/b10-8+. The number of nitrogens with zero attached hydrogens (tertiary/aromatic N) is 1. The summed E-state index contributed by atoms with van der Waals surface area (Å²) in [6.07, 6.45) is 1.47. The van der Waals surface area contributed by atoms with Gasteiger partial charge in [0.15, 0.2) is 5.78 Å². The number of amides is 2. The molecule has 3 heterocycles. The van der Waals surface area contributed by atoms with E-state index in [9.17, 15) is 14.4 Å². The van der Waals surface area contributed by atoms with Gasteiger partial charge < -0.3 is 15.0 Å². The number of carbonyl (C=O) groups excluding carboxylic acids is 3. The quantitative estimate of drug-likeness (QED) is 0.263. The van der Waals surface area contributed by atoms with E-state index in [0.29, 0.717) is 4.88 Å². The van der Waals surface area contributed by atoms with Crippen LogP contribution in [0.2, 0.25) is 0 Å². The second-order valence-electron chi connectivity index (χ2n) is 7.43. The summed E-state index contributed by atoms with van der Waals surface area (Å²) >= 11 is 1.36. The molecule has 2 fully saturated rings. The van der Waals surface area contributed by atoms with E-state index in [1.54, 1.807) is 6.07 Å². The zero-order valence-corrected chi connectivity index (χ0v) is 16.2. The number of rotatable bonds is 2. The second kappa shape index (κ2) is 6.12. The molecule has 0 spiro atoms. The number of likely N-dealkylation sites (tertiary alicyclic amines) is 1. The Hall–Kier alpha value is -1.81. The molecular weight excluding hydrogens is 355 g/mol. The van der Waals surface area contributed by atoms with Crippen molar-refractivity contribution < 1.29 is 23.7 Å². The Balaban J connectivity index is 1.87. The summed E-state index contributed by atoms with van der Waals surface area (Å²) in [6, 6.07) is 2.28. The van der Waals surface area contributed by atoms with Gasteiger partial charge in [0, 0.05) is 16.7 Å². The number of hydrogen-bond donors (Lipinski definition) is 1. The topological polar surface area (TPSA) is 98.9 Å². The third kappa shape index (κ3) is 2.94. The van der Waals surface area contributed by atoms with Gasteiger partial charge in [-0.05, 0) is 39.8 Å². The third-order valence-corrected chi connectivity index (χ3v) is 6.15. The summed E-state index contributed by atoms with van der Waals surface area (Å²) < 4.78 is 12.8. The normalized spacial score (nSPS) is 26.9. The Labute approximate surface area is 156 Å². The largest absolute Gasteiger partial charge is 0.505 e. The lowest BCUT2D eigenvalue weighted by Crippen LogP contribution is -2.55. The van der Waals surface area contributed by atoms with Crippen molar-refractivity contribution in [1.29, 1.82) is 0 Å². The van der Waals surface area contributed by atoms with Gasteiger partial charge in [-0.2, -0.15) is 0 Å². The van der Waals surface area contributed by atoms with Crippen LogP contribution in [0.15, 0.2) is 17.7 Å². The monoisotopic (exact) mass is 376 g/mol. The second-order valence-corrected chi connectivity index (χ2v) is 8.58. The minimum atomic E-state index is -1.34. The van der Waals surface area contributed by atoms with Gasteiger partial charge in [0.25, 0.3) is 11.8 Å². The van der Waals surface area contributed by atoms with Crippen LogP contribution in [0.25, 0.3) is 6.08 Å². The first-order valence-electron chi connectivity index (χ1n) is 8.23. The predicted octanol–water partition coefficient (Wildman–Crippen LogP) is 0.326.